The Labute approximate surface area is 257 Å². The Bertz CT molecular complexity index is 1850. The number of anilines is 1. The van der Waals surface area contributed by atoms with Crippen molar-refractivity contribution in [1.82, 2.24) is 19.5 Å². The molecule has 3 aromatic carbocycles. The number of esters is 3. The molecule has 12 heteroatoms. The number of rotatable bonds is 8. The van der Waals surface area contributed by atoms with Gasteiger partial charge in [-0.15, -0.1) is 0 Å². The fourth-order valence-corrected chi connectivity index (χ4v) is 5.40. The first kappa shape index (κ1) is 29.5. The van der Waals surface area contributed by atoms with Crippen molar-refractivity contribution in [1.29, 1.82) is 0 Å². The number of carbonyl (C=O) groups excluding carboxylic acids is 3. The molecule has 0 unspecified atom stereocenters. The lowest BCUT2D eigenvalue weighted by atomic mass is 9.94. The largest absolute Gasteiger partial charge is 0.459 e. The lowest BCUT2D eigenvalue weighted by Gasteiger charge is -2.32. The Morgan fingerprint density at radius 1 is 0.756 bits per heavy atom. The summed E-state index contributed by atoms with van der Waals surface area (Å²) in [4.78, 5) is 52.8. The summed E-state index contributed by atoms with van der Waals surface area (Å²) in [7, 11) is 0. The number of aromatic nitrogens is 4. The predicted molar refractivity (Wildman–Crippen MR) is 161 cm³/mol. The quantitative estimate of drug-likeness (QED) is 0.199. The van der Waals surface area contributed by atoms with Gasteiger partial charge in [-0.2, -0.15) is 0 Å². The number of nitrogen functional groups attached to an aromatic ring is 1. The van der Waals surface area contributed by atoms with E-state index in [2.05, 4.69) is 15.0 Å². The zero-order valence-corrected chi connectivity index (χ0v) is 24.4. The molecule has 45 heavy (non-hydrogen) atoms. The Hall–Kier alpha value is -5.62. The number of nitrogens with two attached hydrogens (primary N) is 1. The van der Waals surface area contributed by atoms with Crippen LogP contribution in [0.5, 0.6) is 0 Å². The molecule has 6 rings (SSSR count). The summed E-state index contributed by atoms with van der Waals surface area (Å²) in [6.45, 7) is 2.89. The Morgan fingerprint density at radius 2 is 1.27 bits per heavy atom. The molecule has 0 bridgehead atoms. The van der Waals surface area contributed by atoms with Crippen LogP contribution < -0.4 is 5.73 Å². The van der Waals surface area contributed by atoms with E-state index in [4.69, 9.17) is 24.7 Å². The second kappa shape index (κ2) is 11.8. The molecule has 2 N–H and O–H groups in total. The fraction of sp³-hybridized carbons (Fsp3) is 0.212. The smallest absolute Gasteiger partial charge is 0.338 e. The SMILES string of the molecule is C[C@]1(COC(=O)c2ccccc2)O[C@@](C)(n2cnc3c(N)ncnc32)[C@H](OC(=O)c2ccccc2)[C@@H]1OC(=O)c1ccccc1. The number of imidazole rings is 1. The topological polar surface area (TPSA) is 158 Å². The molecule has 1 fully saturated rings. The van der Waals surface area contributed by atoms with Gasteiger partial charge in [0.1, 0.15) is 24.1 Å². The maximum absolute atomic E-state index is 13.6. The predicted octanol–water partition coefficient (Wildman–Crippen LogP) is 4.18. The summed E-state index contributed by atoms with van der Waals surface area (Å²) < 4.78 is 26.2. The number of ether oxygens (including phenoxy) is 4. The highest BCUT2D eigenvalue weighted by Gasteiger charge is 2.65. The zero-order chi connectivity index (χ0) is 31.6. The summed E-state index contributed by atoms with van der Waals surface area (Å²) in [6, 6.07) is 25.1. The van der Waals surface area contributed by atoms with E-state index < -0.39 is 41.4 Å². The van der Waals surface area contributed by atoms with E-state index in [0.717, 1.165) is 0 Å². The van der Waals surface area contributed by atoms with Gasteiger partial charge in [0.05, 0.1) is 23.0 Å². The molecule has 12 nitrogen and oxygen atoms in total. The first-order chi connectivity index (χ1) is 21.7. The second-order valence-corrected chi connectivity index (χ2v) is 10.8. The molecule has 5 aromatic rings. The molecule has 0 amide bonds. The number of fused-ring (bicyclic) bond motifs is 1. The molecule has 0 aliphatic carbocycles. The maximum atomic E-state index is 13.6. The van der Waals surface area contributed by atoms with Crippen molar-refractivity contribution in [3.05, 3.63) is 120 Å². The lowest BCUT2D eigenvalue weighted by Crippen LogP contribution is -2.50. The van der Waals surface area contributed by atoms with Crippen molar-refractivity contribution in [2.75, 3.05) is 12.3 Å². The van der Waals surface area contributed by atoms with Crippen LogP contribution in [0.15, 0.2) is 104 Å². The van der Waals surface area contributed by atoms with Gasteiger partial charge in [0.25, 0.3) is 0 Å². The molecule has 3 heterocycles. The van der Waals surface area contributed by atoms with E-state index in [0.29, 0.717) is 5.56 Å². The summed E-state index contributed by atoms with van der Waals surface area (Å²) in [5, 5.41) is 0. The number of benzene rings is 3. The van der Waals surface area contributed by atoms with Crippen LogP contribution in [0.3, 0.4) is 0 Å². The average molecular weight is 608 g/mol. The van der Waals surface area contributed by atoms with Gasteiger partial charge in [0, 0.05) is 0 Å². The van der Waals surface area contributed by atoms with Crippen LogP contribution >= 0.6 is 0 Å². The van der Waals surface area contributed by atoms with E-state index >= 15 is 0 Å². The van der Waals surface area contributed by atoms with Crippen molar-refractivity contribution < 1.29 is 33.3 Å². The summed E-state index contributed by atoms with van der Waals surface area (Å²) in [5.41, 5.74) is 4.34. The summed E-state index contributed by atoms with van der Waals surface area (Å²) in [5.74, 6) is -1.88. The number of hydrogen-bond donors (Lipinski definition) is 1. The normalized spacial score (nSPS) is 22.5. The van der Waals surface area contributed by atoms with Crippen molar-refractivity contribution in [2.24, 2.45) is 0 Å². The minimum Gasteiger partial charge on any atom is -0.459 e. The standard InChI is InChI=1S/C33H29N5O7/c1-32(18-42-29(39)21-12-6-3-7-13-21)25(43-30(40)22-14-8-4-9-15-22)26(44-31(41)23-16-10-5-11-17-23)33(2,45-32)38-20-37-24-27(34)35-19-36-28(24)38/h3-17,19-20,25-26H,18H2,1-2H3,(H2,34,35,36)/t25-,26+,32+,33+/m0/s1. The van der Waals surface area contributed by atoms with Gasteiger partial charge in [0.2, 0.25) is 0 Å². The van der Waals surface area contributed by atoms with E-state index in [9.17, 15) is 14.4 Å². The van der Waals surface area contributed by atoms with Crippen LogP contribution in [0.2, 0.25) is 0 Å². The molecule has 1 saturated heterocycles. The van der Waals surface area contributed by atoms with Gasteiger partial charge < -0.3 is 24.7 Å². The van der Waals surface area contributed by atoms with Crippen molar-refractivity contribution in [3.8, 4) is 0 Å². The van der Waals surface area contributed by atoms with Crippen LogP contribution in [0.4, 0.5) is 5.82 Å². The summed E-state index contributed by atoms with van der Waals surface area (Å²) in [6.07, 6.45) is 0.110. The van der Waals surface area contributed by atoms with Gasteiger partial charge in [-0.25, -0.2) is 29.3 Å². The van der Waals surface area contributed by atoms with Crippen molar-refractivity contribution in [2.45, 2.75) is 37.4 Å². The van der Waals surface area contributed by atoms with Crippen molar-refractivity contribution in [3.63, 3.8) is 0 Å². The van der Waals surface area contributed by atoms with Crippen LogP contribution in [0.25, 0.3) is 11.2 Å². The van der Waals surface area contributed by atoms with Crippen LogP contribution in [0.1, 0.15) is 44.9 Å². The number of hydrogen-bond acceptors (Lipinski definition) is 11. The van der Waals surface area contributed by atoms with Gasteiger partial charge in [-0.1, -0.05) is 54.6 Å². The van der Waals surface area contributed by atoms with Crippen molar-refractivity contribution >= 4 is 34.9 Å². The third-order valence-corrected chi connectivity index (χ3v) is 7.67. The highest BCUT2D eigenvalue weighted by molar-refractivity contribution is 5.91. The molecular formula is C33H29N5O7. The highest BCUT2D eigenvalue weighted by atomic mass is 16.7. The van der Waals surface area contributed by atoms with Crippen LogP contribution in [-0.2, 0) is 24.7 Å². The number of carbonyl (C=O) groups is 3. The monoisotopic (exact) mass is 607 g/mol. The van der Waals surface area contributed by atoms with Gasteiger partial charge in [0.15, 0.2) is 29.4 Å². The average Bonchev–Trinajstić information content (AvgIpc) is 3.60. The fourth-order valence-electron chi connectivity index (χ4n) is 5.40. The molecule has 0 radical (unpaired) electrons. The minimum atomic E-state index is -1.60. The molecule has 1 aliphatic rings. The van der Waals surface area contributed by atoms with Crippen LogP contribution in [0, 0.1) is 0 Å². The van der Waals surface area contributed by atoms with Crippen LogP contribution in [-0.4, -0.2) is 61.8 Å². The second-order valence-electron chi connectivity index (χ2n) is 10.8. The van der Waals surface area contributed by atoms with Gasteiger partial charge in [-0.3, -0.25) is 4.57 Å². The lowest BCUT2D eigenvalue weighted by molar-refractivity contribution is -0.172. The Morgan fingerprint density at radius 3 is 1.82 bits per heavy atom. The Kier molecular flexibility index (Phi) is 7.73. The number of nitrogens with zero attached hydrogens (tertiary/aromatic N) is 4. The van der Waals surface area contributed by atoms with E-state index in [-0.39, 0.29) is 34.7 Å². The first-order valence-corrected chi connectivity index (χ1v) is 14.1. The zero-order valence-electron chi connectivity index (χ0n) is 24.4. The molecule has 0 spiro atoms. The summed E-state index contributed by atoms with van der Waals surface area (Å²) >= 11 is 0. The Balaban J connectivity index is 1.45. The molecule has 228 valence electrons. The van der Waals surface area contributed by atoms with E-state index in [1.807, 2.05) is 0 Å². The third-order valence-electron chi connectivity index (χ3n) is 7.67. The van der Waals surface area contributed by atoms with Gasteiger partial charge >= 0.3 is 17.9 Å². The highest BCUT2D eigenvalue weighted by Crippen LogP contribution is 2.46. The molecule has 2 aromatic heterocycles. The van der Waals surface area contributed by atoms with E-state index in [1.54, 1.807) is 105 Å². The molecule has 1 aliphatic heterocycles. The molecule has 0 saturated carbocycles. The maximum Gasteiger partial charge on any atom is 0.338 e. The first-order valence-electron chi connectivity index (χ1n) is 14.1. The van der Waals surface area contributed by atoms with Gasteiger partial charge in [-0.05, 0) is 50.2 Å². The molecular weight excluding hydrogens is 578 g/mol. The minimum absolute atomic E-state index is 0.129. The van der Waals surface area contributed by atoms with E-state index in [1.165, 1.54) is 17.2 Å². The third kappa shape index (κ3) is 5.58. The molecule has 4 atom stereocenters.